The molecule has 0 heterocycles. The van der Waals surface area contributed by atoms with Gasteiger partial charge in [-0.1, -0.05) is 83.1 Å². The fourth-order valence-electron chi connectivity index (χ4n) is 4.50. The molecule has 0 aromatic rings. The van der Waals surface area contributed by atoms with E-state index in [-0.39, 0.29) is 0 Å². The number of rotatable bonds is 22. The van der Waals surface area contributed by atoms with E-state index in [4.69, 9.17) is 0 Å². The molecular formula is C28H55NO2P+. The molecule has 0 aromatic heterocycles. The third-order valence-electron chi connectivity index (χ3n) is 6.74. The number of allylic oxidation sites excluding steroid dienone is 4. The summed E-state index contributed by atoms with van der Waals surface area (Å²) in [7, 11) is 3.66. The Bertz CT molecular complexity index is 552. The van der Waals surface area contributed by atoms with Gasteiger partial charge >= 0.3 is 7.68 Å². The molecule has 0 saturated carbocycles. The van der Waals surface area contributed by atoms with E-state index in [1.165, 1.54) is 83.5 Å². The maximum absolute atomic E-state index is 12.1. The van der Waals surface area contributed by atoms with Crippen LogP contribution < -0.4 is 0 Å². The van der Waals surface area contributed by atoms with E-state index in [1.807, 2.05) is 21.1 Å². The van der Waals surface area contributed by atoms with Crippen LogP contribution in [0.5, 0.6) is 0 Å². The first-order valence-electron chi connectivity index (χ1n) is 13.6. The zero-order valence-corrected chi connectivity index (χ0v) is 23.1. The molecule has 32 heavy (non-hydrogen) atoms. The second kappa shape index (κ2) is 19.8. The standard InChI is InChI=1S/C28H55NO2P/c1-6-8-9-10-11-12-13-14-15-16-17-18-19-20-21-22-23-24-25-27-28(26-7-2,32(30)31)29(3,4)5/h10-11,16-17H,6-9,12-15,18-27H2,1-5H3/q+1. The summed E-state index contributed by atoms with van der Waals surface area (Å²) < 4.78 is 24.7. The average Bonchev–Trinajstić information content (AvgIpc) is 2.73. The molecule has 0 N–H and O–H groups in total. The fourth-order valence-corrected chi connectivity index (χ4v) is 5.73. The predicted molar refractivity (Wildman–Crippen MR) is 142 cm³/mol. The molecule has 0 aliphatic carbocycles. The zero-order valence-electron chi connectivity index (χ0n) is 22.2. The lowest BCUT2D eigenvalue weighted by Gasteiger charge is -2.41. The molecule has 0 aliphatic heterocycles. The third-order valence-corrected chi connectivity index (χ3v) is 8.46. The summed E-state index contributed by atoms with van der Waals surface area (Å²) in [6, 6.07) is 0. The van der Waals surface area contributed by atoms with Gasteiger partial charge in [0.2, 0.25) is 5.28 Å². The first-order valence-corrected chi connectivity index (χ1v) is 14.8. The van der Waals surface area contributed by atoms with Crippen LogP contribution in [-0.2, 0) is 9.13 Å². The van der Waals surface area contributed by atoms with Crippen LogP contribution in [0.1, 0.15) is 129 Å². The van der Waals surface area contributed by atoms with Crippen LogP contribution in [0.15, 0.2) is 24.3 Å². The minimum atomic E-state index is -2.43. The van der Waals surface area contributed by atoms with Crippen molar-refractivity contribution in [2.75, 3.05) is 21.1 Å². The van der Waals surface area contributed by atoms with E-state index in [0.717, 1.165) is 32.1 Å². The summed E-state index contributed by atoms with van der Waals surface area (Å²) in [5.74, 6) is 0. The van der Waals surface area contributed by atoms with E-state index in [0.29, 0.717) is 4.48 Å². The van der Waals surface area contributed by atoms with Gasteiger partial charge in [0.15, 0.2) is 0 Å². The number of hydrogen-bond acceptors (Lipinski definition) is 2. The SMILES string of the molecule is CCCCC=CCCCCC=CCCCCCCCCCC(CCC)(P(=O)=O)[N+](C)(C)C. The Morgan fingerprint density at radius 1 is 0.562 bits per heavy atom. The van der Waals surface area contributed by atoms with Crippen molar-refractivity contribution in [2.45, 2.75) is 135 Å². The van der Waals surface area contributed by atoms with Gasteiger partial charge in [-0.15, -0.1) is 0 Å². The van der Waals surface area contributed by atoms with Gasteiger partial charge in [-0.2, -0.15) is 0 Å². The molecule has 188 valence electrons. The van der Waals surface area contributed by atoms with Crippen molar-refractivity contribution in [2.24, 2.45) is 0 Å². The van der Waals surface area contributed by atoms with Crippen LogP contribution in [0, 0.1) is 0 Å². The summed E-state index contributed by atoms with van der Waals surface area (Å²) >= 11 is 0. The summed E-state index contributed by atoms with van der Waals surface area (Å²) in [5, 5.41) is -0.595. The highest BCUT2D eigenvalue weighted by atomic mass is 31.1. The van der Waals surface area contributed by atoms with Gasteiger partial charge in [-0.3, -0.25) is 0 Å². The Morgan fingerprint density at radius 2 is 0.969 bits per heavy atom. The molecule has 0 saturated heterocycles. The summed E-state index contributed by atoms with van der Waals surface area (Å²) in [6.07, 6.45) is 30.7. The lowest BCUT2D eigenvalue weighted by atomic mass is 9.99. The number of quaternary nitrogens is 1. The number of unbranched alkanes of at least 4 members (excludes halogenated alkanes) is 12. The van der Waals surface area contributed by atoms with Crippen molar-refractivity contribution in [3.05, 3.63) is 24.3 Å². The van der Waals surface area contributed by atoms with Crippen molar-refractivity contribution >= 4 is 7.68 Å². The van der Waals surface area contributed by atoms with E-state index in [2.05, 4.69) is 38.2 Å². The highest BCUT2D eigenvalue weighted by Crippen LogP contribution is 2.44. The molecule has 1 atom stereocenters. The normalized spacial score (nSPS) is 14.4. The molecule has 0 bridgehead atoms. The molecule has 0 aliphatic rings. The van der Waals surface area contributed by atoms with Crippen LogP contribution >= 0.6 is 7.68 Å². The highest BCUT2D eigenvalue weighted by Gasteiger charge is 2.47. The Labute approximate surface area is 201 Å². The lowest BCUT2D eigenvalue weighted by molar-refractivity contribution is -0.908. The van der Waals surface area contributed by atoms with Gasteiger partial charge in [0, 0.05) is 12.8 Å². The Hall–Kier alpha value is -0.660. The Kier molecular flexibility index (Phi) is 19.4. The fraction of sp³-hybridized carbons (Fsp3) is 0.857. The van der Waals surface area contributed by atoms with E-state index < -0.39 is 13.0 Å². The quantitative estimate of drug-likeness (QED) is 0.0685. The minimum Gasteiger partial charge on any atom is -0.314 e. The second-order valence-electron chi connectivity index (χ2n) is 10.4. The summed E-state index contributed by atoms with van der Waals surface area (Å²) in [4.78, 5) is 0. The monoisotopic (exact) mass is 468 g/mol. The predicted octanol–water partition coefficient (Wildman–Crippen LogP) is 9.74. The lowest BCUT2D eigenvalue weighted by Crippen LogP contribution is -2.53. The topological polar surface area (TPSA) is 34.1 Å². The first kappa shape index (κ1) is 31.3. The third kappa shape index (κ3) is 14.5. The first-order chi connectivity index (χ1) is 15.3. The average molecular weight is 469 g/mol. The van der Waals surface area contributed by atoms with Gasteiger partial charge in [0.25, 0.3) is 0 Å². The highest BCUT2D eigenvalue weighted by molar-refractivity contribution is 7.32. The molecule has 3 nitrogen and oxygen atoms in total. The number of hydrogen-bond donors (Lipinski definition) is 0. The molecule has 4 heteroatoms. The van der Waals surface area contributed by atoms with Gasteiger partial charge in [0.05, 0.1) is 21.1 Å². The van der Waals surface area contributed by atoms with Crippen LogP contribution in [0.25, 0.3) is 0 Å². The van der Waals surface area contributed by atoms with E-state index in [9.17, 15) is 9.13 Å². The largest absolute Gasteiger partial charge is 0.378 e. The summed E-state index contributed by atoms with van der Waals surface area (Å²) in [6.45, 7) is 4.34. The summed E-state index contributed by atoms with van der Waals surface area (Å²) in [5.41, 5.74) is 0. The zero-order chi connectivity index (χ0) is 24.1. The van der Waals surface area contributed by atoms with E-state index in [1.54, 1.807) is 0 Å². The minimum absolute atomic E-state index is 0.517. The van der Waals surface area contributed by atoms with Crippen LogP contribution in [-0.4, -0.2) is 30.9 Å². The van der Waals surface area contributed by atoms with Crippen LogP contribution in [0.3, 0.4) is 0 Å². The maximum Gasteiger partial charge on any atom is 0.378 e. The molecule has 0 fully saturated rings. The van der Waals surface area contributed by atoms with Gasteiger partial charge in [-0.05, 0) is 57.8 Å². The molecule has 0 spiro atoms. The van der Waals surface area contributed by atoms with E-state index >= 15 is 0 Å². The molecule has 0 aromatic carbocycles. The van der Waals surface area contributed by atoms with Gasteiger partial charge in [0.1, 0.15) is 0 Å². The molecule has 0 radical (unpaired) electrons. The van der Waals surface area contributed by atoms with Gasteiger partial charge in [-0.25, -0.2) is 9.13 Å². The van der Waals surface area contributed by atoms with Crippen molar-refractivity contribution in [3.8, 4) is 0 Å². The Morgan fingerprint density at radius 3 is 1.38 bits per heavy atom. The van der Waals surface area contributed by atoms with Crippen LogP contribution in [0.2, 0.25) is 0 Å². The van der Waals surface area contributed by atoms with Gasteiger partial charge < -0.3 is 4.48 Å². The molecular weight excluding hydrogens is 413 g/mol. The molecule has 0 rings (SSSR count). The van der Waals surface area contributed by atoms with Crippen molar-refractivity contribution in [1.82, 2.24) is 0 Å². The van der Waals surface area contributed by atoms with Crippen molar-refractivity contribution in [3.63, 3.8) is 0 Å². The molecule has 1 unspecified atom stereocenters. The maximum atomic E-state index is 12.1. The number of nitrogens with zero attached hydrogens (tertiary/aromatic N) is 1. The van der Waals surface area contributed by atoms with Crippen molar-refractivity contribution < 1.29 is 13.6 Å². The Balaban J connectivity index is 3.70. The van der Waals surface area contributed by atoms with Crippen LogP contribution in [0.4, 0.5) is 0 Å². The smallest absolute Gasteiger partial charge is 0.314 e. The second-order valence-corrected chi connectivity index (χ2v) is 11.7. The molecule has 0 amide bonds. The van der Waals surface area contributed by atoms with Crippen molar-refractivity contribution in [1.29, 1.82) is 0 Å².